The predicted molar refractivity (Wildman–Crippen MR) is 62.8 cm³/mol. The number of fused-ring (bicyclic) bond motifs is 3. The Balaban J connectivity index is 2.33. The van der Waals surface area contributed by atoms with Gasteiger partial charge in [0.15, 0.2) is 5.69 Å². The van der Waals surface area contributed by atoms with E-state index in [1.807, 2.05) is 35.8 Å². The number of rotatable bonds is 1. The number of imidazole rings is 1. The molecule has 0 saturated heterocycles. The second-order valence-electron chi connectivity index (χ2n) is 4.15. The van der Waals surface area contributed by atoms with Gasteiger partial charge in [0.05, 0.1) is 0 Å². The van der Waals surface area contributed by atoms with Crippen LogP contribution in [0.25, 0.3) is 11.3 Å². The Labute approximate surface area is 97.9 Å². The zero-order valence-corrected chi connectivity index (χ0v) is 9.38. The average molecular weight is 229 g/mol. The number of aromatic nitrogens is 2. The van der Waals surface area contributed by atoms with Crippen molar-refractivity contribution in [2.45, 2.75) is 19.9 Å². The maximum atomic E-state index is 11.0. The number of aryl methyl sites for hydroxylation is 2. The minimum absolute atomic E-state index is 0.0327. The first-order valence-corrected chi connectivity index (χ1v) is 5.48. The molecule has 0 N–H and O–H groups in total. The van der Waals surface area contributed by atoms with Crippen LogP contribution >= 0.6 is 0 Å². The van der Waals surface area contributed by atoms with E-state index >= 15 is 0 Å². The quantitative estimate of drug-likeness (QED) is 0.557. The fourth-order valence-corrected chi connectivity index (χ4v) is 2.42. The van der Waals surface area contributed by atoms with Crippen molar-refractivity contribution in [2.24, 2.45) is 0 Å². The van der Waals surface area contributed by atoms with Crippen molar-refractivity contribution in [2.75, 3.05) is 0 Å². The van der Waals surface area contributed by atoms with E-state index < -0.39 is 4.92 Å². The average Bonchev–Trinajstić information content (AvgIpc) is 2.67. The Hall–Kier alpha value is -2.17. The lowest BCUT2D eigenvalue weighted by atomic mass is 9.98. The van der Waals surface area contributed by atoms with E-state index in [2.05, 4.69) is 4.98 Å². The number of nitrogens with zero attached hydrogens (tertiary/aromatic N) is 3. The van der Waals surface area contributed by atoms with E-state index in [-0.39, 0.29) is 5.82 Å². The molecule has 17 heavy (non-hydrogen) atoms. The van der Waals surface area contributed by atoms with Gasteiger partial charge in [0, 0.05) is 19.0 Å². The van der Waals surface area contributed by atoms with Crippen molar-refractivity contribution in [3.63, 3.8) is 0 Å². The third kappa shape index (κ3) is 1.35. The molecule has 0 fully saturated rings. The fraction of sp³-hybridized carbons (Fsp3) is 0.250. The summed E-state index contributed by atoms with van der Waals surface area (Å²) in [4.78, 5) is 14.7. The van der Waals surface area contributed by atoms with Gasteiger partial charge in [0.25, 0.3) is 0 Å². The van der Waals surface area contributed by atoms with Crippen molar-refractivity contribution < 1.29 is 4.92 Å². The Morgan fingerprint density at radius 2 is 2.18 bits per heavy atom. The second kappa shape index (κ2) is 3.41. The van der Waals surface area contributed by atoms with Gasteiger partial charge in [-0.3, -0.25) is 0 Å². The Morgan fingerprint density at radius 3 is 2.94 bits per heavy atom. The van der Waals surface area contributed by atoms with Crippen LogP contribution in [0.3, 0.4) is 0 Å². The van der Waals surface area contributed by atoms with Gasteiger partial charge in [0.1, 0.15) is 0 Å². The molecule has 3 rings (SSSR count). The van der Waals surface area contributed by atoms with Crippen molar-refractivity contribution >= 4 is 5.82 Å². The number of hydrogen-bond acceptors (Lipinski definition) is 3. The SMILES string of the molecule is Cc1nc([N+](=O)[O-])c2n1CCc1ccccc1-2. The molecule has 0 spiro atoms. The predicted octanol–water partition coefficient (Wildman–Crippen LogP) is 2.32. The van der Waals surface area contributed by atoms with Crippen LogP contribution in [0.2, 0.25) is 0 Å². The Morgan fingerprint density at radius 1 is 1.41 bits per heavy atom. The highest BCUT2D eigenvalue weighted by molar-refractivity contribution is 5.73. The number of hydrogen-bond donors (Lipinski definition) is 0. The number of nitro groups is 1. The van der Waals surface area contributed by atoms with Gasteiger partial charge in [-0.25, -0.2) is 0 Å². The lowest BCUT2D eigenvalue weighted by molar-refractivity contribution is -0.388. The van der Waals surface area contributed by atoms with Crippen LogP contribution in [0.1, 0.15) is 11.4 Å². The summed E-state index contributed by atoms with van der Waals surface area (Å²) in [5.74, 6) is 0.677. The summed E-state index contributed by atoms with van der Waals surface area (Å²) in [6.45, 7) is 2.57. The van der Waals surface area contributed by atoms with Crippen LogP contribution in [-0.4, -0.2) is 14.5 Å². The highest BCUT2D eigenvalue weighted by Crippen LogP contribution is 2.36. The van der Waals surface area contributed by atoms with Crippen LogP contribution in [-0.2, 0) is 13.0 Å². The van der Waals surface area contributed by atoms with Gasteiger partial charge in [-0.05, 0) is 21.9 Å². The van der Waals surface area contributed by atoms with Crippen LogP contribution in [0.15, 0.2) is 24.3 Å². The van der Waals surface area contributed by atoms with Crippen LogP contribution in [0.4, 0.5) is 5.82 Å². The van der Waals surface area contributed by atoms with Crippen molar-refractivity contribution in [1.29, 1.82) is 0 Å². The molecule has 0 atom stereocenters. The van der Waals surface area contributed by atoms with E-state index in [1.165, 1.54) is 0 Å². The molecule has 1 aliphatic heterocycles. The zero-order chi connectivity index (χ0) is 12.0. The largest absolute Gasteiger partial charge is 0.390 e. The van der Waals surface area contributed by atoms with Crippen molar-refractivity contribution in [3.8, 4) is 11.3 Å². The Bertz CT molecular complexity index is 616. The molecule has 86 valence electrons. The summed E-state index contributed by atoms with van der Waals surface area (Å²) >= 11 is 0. The first-order valence-electron chi connectivity index (χ1n) is 5.48. The molecule has 5 nitrogen and oxygen atoms in total. The molecule has 1 aromatic heterocycles. The van der Waals surface area contributed by atoms with E-state index in [4.69, 9.17) is 0 Å². The lowest BCUT2D eigenvalue weighted by Gasteiger charge is -2.17. The van der Waals surface area contributed by atoms with Crippen LogP contribution in [0, 0.1) is 17.0 Å². The van der Waals surface area contributed by atoms with Gasteiger partial charge >= 0.3 is 5.82 Å². The first kappa shape index (κ1) is 10.0. The Kier molecular flexibility index (Phi) is 2.01. The van der Waals surface area contributed by atoms with Crippen LogP contribution < -0.4 is 0 Å². The molecule has 0 unspecified atom stereocenters. The third-order valence-electron chi connectivity index (χ3n) is 3.19. The zero-order valence-electron chi connectivity index (χ0n) is 9.38. The monoisotopic (exact) mass is 229 g/mol. The summed E-state index contributed by atoms with van der Waals surface area (Å²) in [5, 5.41) is 11.0. The van der Waals surface area contributed by atoms with Gasteiger partial charge < -0.3 is 14.7 Å². The molecule has 0 saturated carbocycles. The summed E-state index contributed by atoms with van der Waals surface area (Å²) in [5.41, 5.74) is 2.74. The maximum absolute atomic E-state index is 11.0. The van der Waals surface area contributed by atoms with Crippen LogP contribution in [0.5, 0.6) is 0 Å². The molecule has 0 radical (unpaired) electrons. The normalized spacial score (nSPS) is 13.0. The van der Waals surface area contributed by atoms with E-state index in [1.54, 1.807) is 0 Å². The molecule has 0 amide bonds. The van der Waals surface area contributed by atoms with Crippen molar-refractivity contribution in [3.05, 3.63) is 45.8 Å². The lowest BCUT2D eigenvalue weighted by Crippen LogP contribution is -2.12. The summed E-state index contributed by atoms with van der Waals surface area (Å²) < 4.78 is 1.93. The molecule has 1 aromatic carbocycles. The molecule has 0 bridgehead atoms. The molecule has 1 aliphatic rings. The fourth-order valence-electron chi connectivity index (χ4n) is 2.42. The van der Waals surface area contributed by atoms with Gasteiger partial charge in [-0.15, -0.1) is 0 Å². The maximum Gasteiger partial charge on any atom is 0.390 e. The smallest absolute Gasteiger partial charge is 0.358 e. The minimum Gasteiger partial charge on any atom is -0.358 e. The molecule has 0 aliphatic carbocycles. The molecule has 5 heteroatoms. The second-order valence-corrected chi connectivity index (χ2v) is 4.15. The molecule has 2 aromatic rings. The minimum atomic E-state index is -0.402. The molecular formula is C12H11N3O2. The summed E-state index contributed by atoms with van der Waals surface area (Å²) in [6.07, 6.45) is 0.900. The highest BCUT2D eigenvalue weighted by atomic mass is 16.6. The van der Waals surface area contributed by atoms with Crippen molar-refractivity contribution in [1.82, 2.24) is 9.55 Å². The van der Waals surface area contributed by atoms with Gasteiger partial charge in [0.2, 0.25) is 5.82 Å². The summed E-state index contributed by atoms with van der Waals surface area (Å²) in [7, 11) is 0. The van der Waals surface area contributed by atoms with E-state index in [0.717, 1.165) is 24.1 Å². The van der Waals surface area contributed by atoms with Gasteiger partial charge in [-0.2, -0.15) is 0 Å². The topological polar surface area (TPSA) is 61.0 Å². The molecular weight excluding hydrogens is 218 g/mol. The first-order chi connectivity index (χ1) is 8.18. The summed E-state index contributed by atoms with van der Waals surface area (Å²) in [6, 6.07) is 7.81. The van der Waals surface area contributed by atoms with E-state index in [9.17, 15) is 10.1 Å². The van der Waals surface area contributed by atoms with E-state index in [0.29, 0.717) is 11.5 Å². The standard InChI is InChI=1S/C12H11N3O2/c1-8-13-12(15(16)17)11-10-5-3-2-4-9(10)6-7-14(8)11/h2-5H,6-7H2,1H3. The highest BCUT2D eigenvalue weighted by Gasteiger charge is 2.30. The van der Waals surface area contributed by atoms with Gasteiger partial charge in [-0.1, -0.05) is 24.3 Å². The molecule has 2 heterocycles. The number of benzene rings is 1. The third-order valence-corrected chi connectivity index (χ3v) is 3.19.